The number of oxime groups is 1. The topological polar surface area (TPSA) is 60.8 Å². The smallest absolute Gasteiger partial charge is 0.366 e. The molecule has 0 bridgehead atoms. The van der Waals surface area contributed by atoms with E-state index in [-0.39, 0.29) is 5.41 Å². The standard InChI is InChI=1S/C30H30N2O3/c1-6-34-28-14-10-8-12-24(28)27-19-25(23-11-7-9-13-26(23)31-27)29(33)35-32-20(2)21-15-17-22(18-16-21)30(3,4)5/h7-19H,6H2,1-5H3/b32-20-. The molecular weight excluding hydrogens is 436 g/mol. The Labute approximate surface area is 206 Å². The van der Waals surface area contributed by atoms with Crippen molar-refractivity contribution in [2.75, 3.05) is 6.61 Å². The second-order valence-corrected chi connectivity index (χ2v) is 9.38. The molecule has 1 heterocycles. The van der Waals surface area contributed by atoms with E-state index in [1.165, 1.54) is 5.56 Å². The van der Waals surface area contributed by atoms with Crippen LogP contribution in [0, 0.1) is 0 Å². The van der Waals surface area contributed by atoms with E-state index in [1.54, 1.807) is 6.07 Å². The molecule has 5 heteroatoms. The minimum Gasteiger partial charge on any atom is -0.493 e. The van der Waals surface area contributed by atoms with Gasteiger partial charge in [0, 0.05) is 10.9 Å². The number of hydrogen-bond donors (Lipinski definition) is 0. The zero-order chi connectivity index (χ0) is 25.0. The molecule has 5 nitrogen and oxygen atoms in total. The highest BCUT2D eigenvalue weighted by Gasteiger charge is 2.18. The Morgan fingerprint density at radius 2 is 1.63 bits per heavy atom. The first-order chi connectivity index (χ1) is 16.8. The lowest BCUT2D eigenvalue weighted by Gasteiger charge is -2.19. The summed E-state index contributed by atoms with van der Waals surface area (Å²) < 4.78 is 5.78. The molecule has 0 aliphatic rings. The van der Waals surface area contributed by atoms with Gasteiger partial charge >= 0.3 is 5.97 Å². The number of nitrogens with zero attached hydrogens (tertiary/aromatic N) is 2. The van der Waals surface area contributed by atoms with Crippen molar-refractivity contribution in [1.82, 2.24) is 4.98 Å². The van der Waals surface area contributed by atoms with Crippen LogP contribution >= 0.6 is 0 Å². The Morgan fingerprint density at radius 3 is 2.34 bits per heavy atom. The molecule has 0 atom stereocenters. The second-order valence-electron chi connectivity index (χ2n) is 9.38. The van der Waals surface area contributed by atoms with Gasteiger partial charge in [0.05, 0.1) is 29.1 Å². The summed E-state index contributed by atoms with van der Waals surface area (Å²) in [7, 11) is 0. The molecule has 0 aliphatic carbocycles. The van der Waals surface area contributed by atoms with Gasteiger partial charge in [-0.3, -0.25) is 0 Å². The van der Waals surface area contributed by atoms with Crippen LogP contribution in [0.15, 0.2) is 84.0 Å². The van der Waals surface area contributed by atoms with Crippen LogP contribution in [-0.4, -0.2) is 23.3 Å². The van der Waals surface area contributed by atoms with Gasteiger partial charge in [0.2, 0.25) is 0 Å². The molecule has 0 unspecified atom stereocenters. The maximum absolute atomic E-state index is 13.2. The molecule has 0 fully saturated rings. The van der Waals surface area contributed by atoms with E-state index in [4.69, 9.17) is 14.6 Å². The van der Waals surface area contributed by atoms with Crippen molar-refractivity contribution in [2.45, 2.75) is 40.0 Å². The summed E-state index contributed by atoms with van der Waals surface area (Å²) in [5, 5.41) is 4.85. The van der Waals surface area contributed by atoms with Gasteiger partial charge in [0.25, 0.3) is 0 Å². The Morgan fingerprint density at radius 1 is 0.943 bits per heavy atom. The molecule has 0 radical (unpaired) electrons. The summed E-state index contributed by atoms with van der Waals surface area (Å²) in [5.41, 5.74) is 5.37. The lowest BCUT2D eigenvalue weighted by Crippen LogP contribution is -2.11. The maximum Gasteiger partial charge on any atom is 0.366 e. The number of para-hydroxylation sites is 2. The minimum absolute atomic E-state index is 0.0664. The molecule has 1 aromatic heterocycles. The van der Waals surface area contributed by atoms with Crippen molar-refractivity contribution >= 4 is 22.6 Å². The normalized spacial score (nSPS) is 12.0. The number of aromatic nitrogens is 1. The monoisotopic (exact) mass is 466 g/mol. The van der Waals surface area contributed by atoms with Crippen LogP contribution in [0.5, 0.6) is 5.75 Å². The van der Waals surface area contributed by atoms with Gasteiger partial charge in [-0.2, -0.15) is 0 Å². The SMILES string of the molecule is CCOc1ccccc1-c1cc(C(=O)O/N=C(/C)c2ccc(C(C)(C)C)cc2)c2ccccc2n1. The average Bonchev–Trinajstić information content (AvgIpc) is 2.86. The van der Waals surface area contributed by atoms with Crippen molar-refractivity contribution in [1.29, 1.82) is 0 Å². The highest BCUT2D eigenvalue weighted by Crippen LogP contribution is 2.32. The van der Waals surface area contributed by atoms with Crippen LogP contribution < -0.4 is 4.74 Å². The molecule has 0 spiro atoms. The number of fused-ring (bicyclic) bond motifs is 1. The first kappa shape index (κ1) is 24.1. The van der Waals surface area contributed by atoms with Crippen molar-refractivity contribution in [3.63, 3.8) is 0 Å². The third-order valence-corrected chi connectivity index (χ3v) is 5.83. The van der Waals surface area contributed by atoms with Crippen molar-refractivity contribution in [2.24, 2.45) is 5.16 Å². The molecule has 35 heavy (non-hydrogen) atoms. The molecule has 0 N–H and O–H groups in total. The summed E-state index contributed by atoms with van der Waals surface area (Å²) >= 11 is 0. The number of carbonyl (C=O) groups excluding carboxylic acids is 1. The van der Waals surface area contributed by atoms with Crippen LogP contribution in [0.1, 0.15) is 56.1 Å². The molecule has 0 saturated heterocycles. The Hall–Kier alpha value is -3.99. The predicted octanol–water partition coefficient (Wildman–Crippen LogP) is 7.18. The third-order valence-electron chi connectivity index (χ3n) is 5.83. The van der Waals surface area contributed by atoms with E-state index >= 15 is 0 Å². The summed E-state index contributed by atoms with van der Waals surface area (Å²) in [6.45, 7) is 10.8. The van der Waals surface area contributed by atoms with Crippen molar-refractivity contribution < 1.29 is 14.4 Å². The summed E-state index contributed by atoms with van der Waals surface area (Å²) in [6, 6.07) is 25.1. The van der Waals surface area contributed by atoms with Crippen LogP contribution in [0.2, 0.25) is 0 Å². The number of pyridine rings is 1. The molecular formula is C30H30N2O3. The average molecular weight is 467 g/mol. The second kappa shape index (κ2) is 10.1. The first-order valence-electron chi connectivity index (χ1n) is 11.8. The van der Waals surface area contributed by atoms with Gasteiger partial charge in [0.1, 0.15) is 5.75 Å². The van der Waals surface area contributed by atoms with E-state index in [0.29, 0.717) is 40.2 Å². The van der Waals surface area contributed by atoms with Gasteiger partial charge in [-0.15, -0.1) is 0 Å². The lowest BCUT2D eigenvalue weighted by molar-refractivity contribution is 0.0518. The predicted molar refractivity (Wildman–Crippen MR) is 141 cm³/mol. The number of benzene rings is 3. The number of hydrogen-bond acceptors (Lipinski definition) is 5. The third kappa shape index (κ3) is 5.40. The molecule has 0 aliphatic heterocycles. The van der Waals surface area contributed by atoms with Crippen molar-refractivity contribution in [3.8, 4) is 17.0 Å². The summed E-state index contributed by atoms with van der Waals surface area (Å²) in [6.07, 6.45) is 0. The van der Waals surface area contributed by atoms with Crippen molar-refractivity contribution in [3.05, 3.63) is 95.6 Å². The Bertz CT molecular complexity index is 1380. The van der Waals surface area contributed by atoms with Gasteiger partial charge in [-0.1, -0.05) is 80.5 Å². The zero-order valence-electron chi connectivity index (χ0n) is 20.8. The molecule has 3 aromatic carbocycles. The largest absolute Gasteiger partial charge is 0.493 e. The number of rotatable bonds is 6. The van der Waals surface area contributed by atoms with Gasteiger partial charge in [0.15, 0.2) is 0 Å². The first-order valence-corrected chi connectivity index (χ1v) is 11.8. The molecule has 4 rings (SSSR count). The molecule has 0 saturated carbocycles. The number of carbonyl (C=O) groups is 1. The highest BCUT2D eigenvalue weighted by molar-refractivity contribution is 6.05. The molecule has 4 aromatic rings. The van der Waals surface area contributed by atoms with Crippen LogP contribution in [0.4, 0.5) is 0 Å². The fourth-order valence-corrected chi connectivity index (χ4v) is 3.87. The van der Waals surface area contributed by atoms with E-state index in [2.05, 4.69) is 38.1 Å². The van der Waals surface area contributed by atoms with E-state index in [9.17, 15) is 4.79 Å². The Balaban J connectivity index is 1.67. The van der Waals surface area contributed by atoms with E-state index in [1.807, 2.05) is 74.5 Å². The molecule has 0 amide bonds. The fourth-order valence-electron chi connectivity index (χ4n) is 3.87. The summed E-state index contributed by atoms with van der Waals surface area (Å²) in [4.78, 5) is 23.4. The van der Waals surface area contributed by atoms with Gasteiger partial charge in [-0.25, -0.2) is 9.78 Å². The van der Waals surface area contributed by atoms with Crippen LogP contribution in [-0.2, 0) is 10.3 Å². The summed E-state index contributed by atoms with van der Waals surface area (Å²) in [5.74, 6) is 0.175. The highest BCUT2D eigenvalue weighted by atomic mass is 16.7. The van der Waals surface area contributed by atoms with Crippen LogP contribution in [0.3, 0.4) is 0 Å². The maximum atomic E-state index is 13.2. The zero-order valence-corrected chi connectivity index (χ0v) is 20.8. The minimum atomic E-state index is -0.538. The molecule has 178 valence electrons. The fraction of sp³-hybridized carbons (Fsp3) is 0.233. The van der Waals surface area contributed by atoms with Crippen LogP contribution in [0.25, 0.3) is 22.2 Å². The van der Waals surface area contributed by atoms with E-state index in [0.717, 1.165) is 11.1 Å². The van der Waals surface area contributed by atoms with E-state index < -0.39 is 5.97 Å². The Kier molecular flexibility index (Phi) is 6.97. The number of ether oxygens (including phenoxy) is 1. The lowest BCUT2D eigenvalue weighted by atomic mass is 9.86. The van der Waals surface area contributed by atoms with Gasteiger partial charge in [-0.05, 0) is 54.7 Å². The van der Waals surface area contributed by atoms with Gasteiger partial charge < -0.3 is 9.57 Å². The quantitative estimate of drug-likeness (QED) is 0.172.